The molecule has 0 saturated carbocycles. The standard InChI is InChI=1S/C20H35N3O3S/c1-16(2)8-12-22(13-9-17(3)4)20(24)19-14-18(15-21(19)5)27(25,26)23-10-6-7-11-23/h14-17H,6-13H2,1-5H3. The monoisotopic (exact) mass is 397 g/mol. The van der Waals surface area contributed by atoms with E-state index in [1.165, 1.54) is 4.31 Å². The third-order valence-electron chi connectivity index (χ3n) is 5.14. The van der Waals surface area contributed by atoms with Crippen LogP contribution in [0.25, 0.3) is 0 Å². The van der Waals surface area contributed by atoms with Crippen molar-refractivity contribution in [2.75, 3.05) is 26.2 Å². The molecule has 0 spiro atoms. The van der Waals surface area contributed by atoms with Crippen LogP contribution in [-0.4, -0.2) is 54.3 Å². The Hall–Kier alpha value is -1.34. The molecular formula is C20H35N3O3S. The second-order valence-electron chi connectivity index (χ2n) is 8.44. The summed E-state index contributed by atoms with van der Waals surface area (Å²) in [4.78, 5) is 15.3. The van der Waals surface area contributed by atoms with E-state index in [0.29, 0.717) is 43.7 Å². The Kier molecular flexibility index (Phi) is 7.51. The molecule has 1 aromatic rings. The van der Waals surface area contributed by atoms with Crippen molar-refractivity contribution in [3.63, 3.8) is 0 Å². The first-order valence-corrected chi connectivity index (χ1v) is 11.5. The largest absolute Gasteiger partial charge is 0.345 e. The number of aromatic nitrogens is 1. The Balaban J connectivity index is 2.23. The molecule has 0 bridgehead atoms. The van der Waals surface area contributed by atoms with Gasteiger partial charge in [0.1, 0.15) is 10.6 Å². The average Bonchev–Trinajstić information content (AvgIpc) is 3.24. The van der Waals surface area contributed by atoms with Gasteiger partial charge in [-0.15, -0.1) is 0 Å². The molecule has 1 fully saturated rings. The van der Waals surface area contributed by atoms with Crippen LogP contribution in [0, 0.1) is 11.8 Å². The molecule has 0 aromatic carbocycles. The van der Waals surface area contributed by atoms with Gasteiger partial charge in [0.05, 0.1) is 0 Å². The number of nitrogens with zero attached hydrogens (tertiary/aromatic N) is 3. The summed E-state index contributed by atoms with van der Waals surface area (Å²) in [6, 6.07) is 1.55. The van der Waals surface area contributed by atoms with Crippen LogP contribution < -0.4 is 0 Å². The van der Waals surface area contributed by atoms with E-state index in [4.69, 9.17) is 0 Å². The molecular weight excluding hydrogens is 362 g/mol. The van der Waals surface area contributed by atoms with Crippen LogP contribution in [0.3, 0.4) is 0 Å². The summed E-state index contributed by atoms with van der Waals surface area (Å²) in [7, 11) is -1.76. The Morgan fingerprint density at radius 1 is 1.07 bits per heavy atom. The van der Waals surface area contributed by atoms with Crippen molar-refractivity contribution in [3.8, 4) is 0 Å². The molecule has 1 aliphatic rings. The van der Waals surface area contributed by atoms with Gasteiger partial charge in [0, 0.05) is 39.4 Å². The van der Waals surface area contributed by atoms with E-state index in [1.54, 1.807) is 23.9 Å². The number of rotatable bonds is 9. The Labute approximate surface area is 164 Å². The molecule has 2 heterocycles. The van der Waals surface area contributed by atoms with Crippen LogP contribution in [0.1, 0.15) is 63.9 Å². The molecule has 1 amide bonds. The van der Waals surface area contributed by atoms with Crippen LogP contribution in [0.4, 0.5) is 0 Å². The average molecular weight is 398 g/mol. The van der Waals surface area contributed by atoms with Gasteiger partial charge in [0.25, 0.3) is 5.91 Å². The summed E-state index contributed by atoms with van der Waals surface area (Å²) in [5.74, 6) is 0.944. The molecule has 0 unspecified atom stereocenters. The van der Waals surface area contributed by atoms with Gasteiger partial charge in [-0.1, -0.05) is 27.7 Å². The lowest BCUT2D eigenvalue weighted by Crippen LogP contribution is -2.35. The van der Waals surface area contributed by atoms with Crippen molar-refractivity contribution >= 4 is 15.9 Å². The number of carbonyl (C=O) groups excluding carboxylic acids is 1. The third kappa shape index (κ3) is 5.57. The number of carbonyl (C=O) groups is 1. The second-order valence-corrected chi connectivity index (χ2v) is 10.4. The van der Waals surface area contributed by atoms with E-state index in [0.717, 1.165) is 25.7 Å². The smallest absolute Gasteiger partial charge is 0.270 e. The minimum absolute atomic E-state index is 0.0818. The molecule has 1 saturated heterocycles. The predicted octanol–water partition coefficient (Wildman–Crippen LogP) is 3.34. The van der Waals surface area contributed by atoms with E-state index >= 15 is 0 Å². The zero-order chi connectivity index (χ0) is 20.2. The minimum Gasteiger partial charge on any atom is -0.345 e. The highest BCUT2D eigenvalue weighted by Gasteiger charge is 2.30. The SMILES string of the molecule is CC(C)CCN(CCC(C)C)C(=O)c1cc(S(=O)(=O)N2CCCC2)cn1C. The highest BCUT2D eigenvalue weighted by Crippen LogP contribution is 2.23. The maximum absolute atomic E-state index is 13.1. The van der Waals surface area contributed by atoms with Gasteiger partial charge in [0.2, 0.25) is 10.0 Å². The molecule has 1 aliphatic heterocycles. The Morgan fingerprint density at radius 2 is 1.59 bits per heavy atom. The number of hydrogen-bond acceptors (Lipinski definition) is 3. The van der Waals surface area contributed by atoms with Crippen LogP contribution in [0.2, 0.25) is 0 Å². The molecule has 0 atom stereocenters. The molecule has 2 rings (SSSR count). The zero-order valence-corrected chi connectivity index (χ0v) is 18.3. The first-order chi connectivity index (χ1) is 12.6. The topological polar surface area (TPSA) is 62.6 Å². The molecule has 0 aliphatic carbocycles. The van der Waals surface area contributed by atoms with E-state index in [1.807, 2.05) is 4.90 Å². The molecule has 6 nitrogen and oxygen atoms in total. The molecule has 0 radical (unpaired) electrons. The summed E-state index contributed by atoms with van der Waals surface area (Å²) >= 11 is 0. The minimum atomic E-state index is -3.51. The van der Waals surface area contributed by atoms with Crippen molar-refractivity contribution < 1.29 is 13.2 Å². The van der Waals surface area contributed by atoms with Crippen molar-refractivity contribution in [1.82, 2.24) is 13.8 Å². The van der Waals surface area contributed by atoms with Gasteiger partial charge in [0.15, 0.2) is 0 Å². The third-order valence-corrected chi connectivity index (χ3v) is 7.01. The van der Waals surface area contributed by atoms with Gasteiger partial charge < -0.3 is 9.47 Å². The first-order valence-electron chi connectivity index (χ1n) is 10.1. The van der Waals surface area contributed by atoms with Crippen molar-refractivity contribution in [2.45, 2.75) is 58.3 Å². The number of aryl methyl sites for hydroxylation is 1. The van der Waals surface area contributed by atoms with E-state index in [-0.39, 0.29) is 10.8 Å². The lowest BCUT2D eigenvalue weighted by atomic mass is 10.1. The summed E-state index contributed by atoms with van der Waals surface area (Å²) in [5, 5.41) is 0. The van der Waals surface area contributed by atoms with Crippen LogP contribution in [0.15, 0.2) is 17.2 Å². The fourth-order valence-electron chi connectivity index (χ4n) is 3.27. The van der Waals surface area contributed by atoms with Gasteiger partial charge in [-0.3, -0.25) is 4.79 Å². The van der Waals surface area contributed by atoms with Crippen molar-refractivity contribution in [3.05, 3.63) is 18.0 Å². The first kappa shape index (κ1) is 22.0. The maximum Gasteiger partial charge on any atom is 0.270 e. The molecule has 27 heavy (non-hydrogen) atoms. The summed E-state index contributed by atoms with van der Waals surface area (Å²) in [5.41, 5.74) is 0.445. The Morgan fingerprint density at radius 3 is 2.07 bits per heavy atom. The van der Waals surface area contributed by atoms with E-state index in [9.17, 15) is 13.2 Å². The maximum atomic E-state index is 13.1. The quantitative estimate of drug-likeness (QED) is 0.642. The molecule has 0 N–H and O–H groups in total. The summed E-state index contributed by atoms with van der Waals surface area (Å²) in [6.45, 7) is 11.1. The number of amides is 1. The Bertz CT molecular complexity index is 720. The van der Waals surface area contributed by atoms with Crippen LogP contribution in [-0.2, 0) is 17.1 Å². The second kappa shape index (κ2) is 9.24. The number of hydrogen-bond donors (Lipinski definition) is 0. The van der Waals surface area contributed by atoms with E-state index < -0.39 is 10.0 Å². The fourth-order valence-corrected chi connectivity index (χ4v) is 4.86. The van der Waals surface area contributed by atoms with Crippen molar-refractivity contribution in [2.24, 2.45) is 18.9 Å². The van der Waals surface area contributed by atoms with Gasteiger partial charge in [-0.05, 0) is 43.6 Å². The summed E-state index contributed by atoms with van der Waals surface area (Å²) in [6.07, 6.45) is 5.25. The van der Waals surface area contributed by atoms with Crippen LogP contribution >= 0.6 is 0 Å². The number of sulfonamides is 1. The fraction of sp³-hybridized carbons (Fsp3) is 0.750. The molecule has 154 valence electrons. The highest BCUT2D eigenvalue weighted by atomic mass is 32.2. The summed E-state index contributed by atoms with van der Waals surface area (Å²) < 4.78 is 28.8. The lowest BCUT2D eigenvalue weighted by molar-refractivity contribution is 0.0731. The molecule has 1 aromatic heterocycles. The lowest BCUT2D eigenvalue weighted by Gasteiger charge is -2.24. The van der Waals surface area contributed by atoms with Crippen LogP contribution in [0.5, 0.6) is 0 Å². The van der Waals surface area contributed by atoms with E-state index in [2.05, 4.69) is 27.7 Å². The predicted molar refractivity (Wildman–Crippen MR) is 108 cm³/mol. The normalized spacial score (nSPS) is 15.8. The molecule has 7 heteroatoms. The highest BCUT2D eigenvalue weighted by molar-refractivity contribution is 7.89. The van der Waals surface area contributed by atoms with Gasteiger partial charge in [-0.25, -0.2) is 8.42 Å². The van der Waals surface area contributed by atoms with Gasteiger partial charge in [-0.2, -0.15) is 4.31 Å². The zero-order valence-electron chi connectivity index (χ0n) is 17.4. The van der Waals surface area contributed by atoms with Gasteiger partial charge >= 0.3 is 0 Å². The van der Waals surface area contributed by atoms with Crippen molar-refractivity contribution in [1.29, 1.82) is 0 Å².